The highest BCUT2D eigenvalue weighted by atomic mass is 19.1. The average molecular weight is 837 g/mol. The summed E-state index contributed by atoms with van der Waals surface area (Å²) in [5.41, 5.74) is -0.519. The minimum atomic E-state index is -0.760. The van der Waals surface area contributed by atoms with Crippen molar-refractivity contribution in [2.24, 2.45) is 11.8 Å². The molecular weight excluding hydrogens is 780 g/mol. The topological polar surface area (TPSA) is 141 Å². The quantitative estimate of drug-likeness (QED) is 0.159. The molecule has 0 bridgehead atoms. The summed E-state index contributed by atoms with van der Waals surface area (Å²) in [4.78, 5) is 52.5. The molecule has 326 valence electrons. The Balaban J connectivity index is 0.000000225. The van der Waals surface area contributed by atoms with Gasteiger partial charge in [0.2, 0.25) is 0 Å². The van der Waals surface area contributed by atoms with E-state index in [0.29, 0.717) is 30.7 Å². The average Bonchev–Trinajstić information content (AvgIpc) is 3.86. The van der Waals surface area contributed by atoms with Crippen LogP contribution in [0.3, 0.4) is 0 Å². The first-order valence-corrected chi connectivity index (χ1v) is 20.1. The Labute approximate surface area is 342 Å². The van der Waals surface area contributed by atoms with Crippen molar-refractivity contribution >= 4 is 24.1 Å². The molecule has 1 N–H and O–H groups in total. The lowest BCUT2D eigenvalue weighted by molar-refractivity contribution is -0.144. The van der Waals surface area contributed by atoms with Crippen LogP contribution in [0.25, 0.3) is 0 Å². The molecule has 59 heavy (non-hydrogen) atoms. The maximum Gasteiger partial charge on any atom is 0.410 e. The second kappa shape index (κ2) is 18.9. The van der Waals surface area contributed by atoms with E-state index in [2.05, 4.69) is 0 Å². The smallest absolute Gasteiger partial charge is 0.410 e. The molecule has 2 aromatic carbocycles. The first-order chi connectivity index (χ1) is 27.6. The summed E-state index contributed by atoms with van der Waals surface area (Å²) in [6, 6.07) is 5.58. The largest absolute Gasteiger partial charge is 0.460 e. The fourth-order valence-corrected chi connectivity index (χ4v) is 8.24. The molecule has 0 spiro atoms. The van der Waals surface area contributed by atoms with E-state index in [9.17, 15) is 41.8 Å². The number of nitrogens with zero attached hydrogens (tertiary/aromatic N) is 2. The molecule has 4 heterocycles. The van der Waals surface area contributed by atoms with Gasteiger partial charge in [0.05, 0.1) is 50.2 Å². The van der Waals surface area contributed by atoms with E-state index in [0.717, 1.165) is 18.6 Å². The fourth-order valence-electron chi connectivity index (χ4n) is 8.24. The number of rotatable bonds is 9. The lowest BCUT2D eigenvalue weighted by Gasteiger charge is -2.32. The second-order valence-electron chi connectivity index (χ2n) is 17.8. The fraction of sp³-hybridized carbons (Fsp3) is 0.628. The molecule has 2 aromatic rings. The van der Waals surface area contributed by atoms with E-state index in [-0.39, 0.29) is 62.6 Å². The van der Waals surface area contributed by atoms with Crippen LogP contribution in [-0.2, 0) is 46.1 Å². The summed E-state index contributed by atoms with van der Waals surface area (Å²) < 4.78 is 82.3. The van der Waals surface area contributed by atoms with E-state index in [4.69, 9.17) is 23.7 Å². The van der Waals surface area contributed by atoms with Crippen molar-refractivity contribution in [1.82, 2.24) is 9.80 Å². The minimum absolute atomic E-state index is 0.0783. The normalized spacial score (nSPS) is 27.0. The highest BCUT2D eigenvalue weighted by Crippen LogP contribution is 2.38. The molecule has 12 nitrogen and oxygen atoms in total. The first-order valence-electron chi connectivity index (χ1n) is 20.1. The number of aliphatic hydroxyl groups excluding tert-OH is 1. The van der Waals surface area contributed by atoms with Crippen LogP contribution in [0.4, 0.5) is 27.2 Å². The first kappa shape index (κ1) is 45.6. The van der Waals surface area contributed by atoms with Gasteiger partial charge in [0.1, 0.15) is 46.7 Å². The molecule has 4 saturated heterocycles. The van der Waals surface area contributed by atoms with Crippen LogP contribution in [0.5, 0.6) is 0 Å². The number of carbonyl (C=O) groups excluding carboxylic acids is 4. The number of benzene rings is 2. The van der Waals surface area contributed by atoms with Crippen molar-refractivity contribution in [3.8, 4) is 0 Å². The molecule has 16 heteroatoms. The Morgan fingerprint density at radius 3 is 1.51 bits per heavy atom. The Bertz CT molecular complexity index is 1790. The zero-order chi connectivity index (χ0) is 43.4. The Morgan fingerprint density at radius 1 is 0.695 bits per heavy atom. The number of halogens is 4. The van der Waals surface area contributed by atoms with Gasteiger partial charge >= 0.3 is 24.1 Å². The van der Waals surface area contributed by atoms with E-state index in [1.807, 2.05) is 6.92 Å². The van der Waals surface area contributed by atoms with Crippen molar-refractivity contribution in [2.45, 2.75) is 141 Å². The molecule has 6 rings (SSSR count). The molecule has 4 aliphatic rings. The third-order valence-corrected chi connectivity index (χ3v) is 10.4. The van der Waals surface area contributed by atoms with Crippen molar-refractivity contribution in [1.29, 1.82) is 0 Å². The Morgan fingerprint density at radius 2 is 1.10 bits per heavy atom. The number of esters is 2. The lowest BCUT2D eigenvalue weighted by Crippen LogP contribution is -2.47. The Hall–Kier alpha value is -4.44. The van der Waals surface area contributed by atoms with Gasteiger partial charge in [-0.1, -0.05) is 6.92 Å². The molecule has 0 unspecified atom stereocenters. The van der Waals surface area contributed by atoms with E-state index in [1.165, 1.54) is 29.2 Å². The maximum atomic E-state index is 13.6. The number of hydrogen-bond donors (Lipinski definition) is 1. The Kier molecular flexibility index (Phi) is 14.6. The van der Waals surface area contributed by atoms with Crippen LogP contribution in [-0.4, -0.2) is 106 Å². The predicted octanol–water partition coefficient (Wildman–Crippen LogP) is 7.05. The zero-order valence-corrected chi connectivity index (χ0v) is 34.7. The molecular formula is C43H56F4N2O10. The molecule has 4 aliphatic heterocycles. The number of β-amino-alcohol motifs (C(OH)–C–C–N with tert-alkyl or cyclic N) is 1. The third kappa shape index (κ3) is 12.8. The number of carbonyl (C=O) groups is 4. The third-order valence-electron chi connectivity index (χ3n) is 10.4. The predicted molar refractivity (Wildman–Crippen MR) is 205 cm³/mol. The standard InChI is InChI=1S/C23H31F2NO5.C20H25F2NO5/c1-5-6-29-18-12-19(26(13-18)22(28)31-23(2,3)4)21-15(10-20(27)30-21)7-14-8-16(24)11-17(25)9-14;1-20(2,3)28-19(26)23-10-15(24)9-16(23)18-12(7-17(25)27-18)4-11-5-13(21)8-14(22)6-11/h8-9,11,15,18-19,21H,5-7,10,12-13H2,1-4H3;5-6,8,12,15-16,18,24H,4,7,9-10H2,1-3H3/t15-,18-,19-,21+;12-,15-,16-,18+/m11/s1. The summed E-state index contributed by atoms with van der Waals surface area (Å²) in [5, 5.41) is 10.1. The lowest BCUT2D eigenvalue weighted by atomic mass is 9.88. The number of aliphatic hydroxyl groups is 1. The number of likely N-dealkylation sites (tertiary alicyclic amines) is 2. The van der Waals surface area contributed by atoms with E-state index < -0.39 is 83.0 Å². The van der Waals surface area contributed by atoms with Gasteiger partial charge in [-0.3, -0.25) is 19.4 Å². The number of cyclic esters (lactones) is 2. The minimum Gasteiger partial charge on any atom is -0.460 e. The monoisotopic (exact) mass is 836 g/mol. The molecule has 8 atom stereocenters. The SMILES string of the molecule is CC(C)(C)OC(=O)N1C[C@H](O)C[C@@H]1[C@H]1OC(=O)C[C@H]1Cc1cc(F)cc(F)c1.CCCO[C@@H]1C[C@H]([C@H]2OC(=O)C[C@H]2Cc2cc(F)cc(F)c2)N(C(=O)OC(C)(C)C)C1. The van der Waals surface area contributed by atoms with Gasteiger partial charge in [-0.2, -0.15) is 0 Å². The molecule has 0 radical (unpaired) electrons. The molecule has 0 aromatic heterocycles. The van der Waals surface area contributed by atoms with Crippen LogP contribution >= 0.6 is 0 Å². The molecule has 2 amide bonds. The van der Waals surface area contributed by atoms with Crippen LogP contribution in [0.15, 0.2) is 36.4 Å². The van der Waals surface area contributed by atoms with Crippen molar-refractivity contribution in [3.05, 3.63) is 70.8 Å². The van der Waals surface area contributed by atoms with Crippen LogP contribution in [0, 0.1) is 35.1 Å². The van der Waals surface area contributed by atoms with Gasteiger partial charge in [0, 0.05) is 30.6 Å². The van der Waals surface area contributed by atoms with Crippen molar-refractivity contribution < 1.29 is 65.5 Å². The van der Waals surface area contributed by atoms with Crippen LogP contribution in [0.2, 0.25) is 0 Å². The maximum absolute atomic E-state index is 13.6. The molecule has 4 fully saturated rings. The van der Waals surface area contributed by atoms with Gasteiger partial charge in [-0.25, -0.2) is 27.2 Å². The number of hydrogen-bond acceptors (Lipinski definition) is 10. The highest BCUT2D eigenvalue weighted by Gasteiger charge is 2.50. The molecule has 0 aliphatic carbocycles. The van der Waals surface area contributed by atoms with Crippen molar-refractivity contribution in [2.75, 3.05) is 19.7 Å². The van der Waals surface area contributed by atoms with Gasteiger partial charge in [-0.05, 0) is 109 Å². The van der Waals surface area contributed by atoms with Gasteiger partial charge < -0.3 is 28.8 Å². The number of ether oxygens (including phenoxy) is 5. The summed E-state index contributed by atoms with van der Waals surface area (Å²) in [7, 11) is 0. The summed E-state index contributed by atoms with van der Waals surface area (Å²) in [5.74, 6) is -4.21. The van der Waals surface area contributed by atoms with Gasteiger partial charge in [0.15, 0.2) is 0 Å². The van der Waals surface area contributed by atoms with Crippen LogP contribution < -0.4 is 0 Å². The summed E-state index contributed by atoms with van der Waals surface area (Å²) >= 11 is 0. The van der Waals surface area contributed by atoms with Crippen LogP contribution in [0.1, 0.15) is 91.7 Å². The van der Waals surface area contributed by atoms with E-state index >= 15 is 0 Å². The summed E-state index contributed by atoms with van der Waals surface area (Å²) in [6.45, 7) is 13.6. The zero-order valence-electron chi connectivity index (χ0n) is 34.7. The highest BCUT2D eigenvalue weighted by molar-refractivity contribution is 5.74. The summed E-state index contributed by atoms with van der Waals surface area (Å²) in [6.07, 6.45) is -1.01. The van der Waals surface area contributed by atoms with Gasteiger partial charge in [-0.15, -0.1) is 0 Å². The molecule has 0 saturated carbocycles. The van der Waals surface area contributed by atoms with Gasteiger partial charge in [0.25, 0.3) is 0 Å². The van der Waals surface area contributed by atoms with Crippen molar-refractivity contribution in [3.63, 3.8) is 0 Å². The second-order valence-corrected chi connectivity index (χ2v) is 17.8. The van der Waals surface area contributed by atoms with E-state index in [1.54, 1.807) is 46.4 Å². The number of amides is 2.